The Morgan fingerprint density at radius 1 is 1.03 bits per heavy atom. The first-order valence-electron chi connectivity index (χ1n) is 10.0. The lowest BCUT2D eigenvalue weighted by Crippen LogP contribution is -3.12. The molecule has 5 nitrogen and oxygen atoms in total. The third kappa shape index (κ3) is 4.11. The lowest BCUT2D eigenvalue weighted by atomic mass is 9.95. The molecule has 1 amide bonds. The fourth-order valence-electron chi connectivity index (χ4n) is 3.78. The maximum atomic E-state index is 14.7. The number of aliphatic hydroxyl groups excluding tert-OH is 1. The fraction of sp³-hybridized carbons (Fsp3) is 0.304. The predicted octanol–water partition coefficient (Wildman–Crippen LogP) is 2.31. The molecule has 0 radical (unpaired) electrons. The van der Waals surface area contributed by atoms with Crippen LogP contribution in [-0.2, 0) is 9.59 Å². The van der Waals surface area contributed by atoms with Crippen molar-refractivity contribution in [3.8, 4) is 0 Å². The number of halogens is 2. The number of likely N-dealkylation sites (tertiary alicyclic amines) is 1. The molecule has 3 rings (SSSR count). The van der Waals surface area contributed by atoms with Crippen LogP contribution in [0.25, 0.3) is 5.76 Å². The quantitative estimate of drug-likeness (QED) is 0.415. The van der Waals surface area contributed by atoms with E-state index in [1.807, 2.05) is 13.8 Å². The summed E-state index contributed by atoms with van der Waals surface area (Å²) in [6.45, 7) is 6.56. The van der Waals surface area contributed by atoms with Crippen molar-refractivity contribution in [1.82, 2.24) is 4.90 Å². The predicted molar refractivity (Wildman–Crippen MR) is 109 cm³/mol. The van der Waals surface area contributed by atoms with Gasteiger partial charge in [-0.3, -0.25) is 9.59 Å². The molecule has 1 saturated heterocycles. The molecule has 0 unspecified atom stereocenters. The van der Waals surface area contributed by atoms with Crippen LogP contribution in [0.15, 0.2) is 54.1 Å². The van der Waals surface area contributed by atoms with E-state index in [2.05, 4.69) is 0 Å². The molecule has 7 heteroatoms. The Morgan fingerprint density at radius 2 is 1.67 bits per heavy atom. The van der Waals surface area contributed by atoms with E-state index in [1.54, 1.807) is 6.07 Å². The zero-order valence-corrected chi connectivity index (χ0v) is 17.0. The molecule has 2 aromatic rings. The van der Waals surface area contributed by atoms with Crippen molar-refractivity contribution in [2.24, 2.45) is 0 Å². The molecule has 1 atom stereocenters. The average molecular weight is 415 g/mol. The van der Waals surface area contributed by atoms with E-state index in [0.29, 0.717) is 6.54 Å². The summed E-state index contributed by atoms with van der Waals surface area (Å²) in [5.74, 6) is -3.17. The Hall–Kier alpha value is -3.06. The van der Waals surface area contributed by atoms with Crippen molar-refractivity contribution in [1.29, 1.82) is 0 Å². The Balaban J connectivity index is 2.11. The zero-order chi connectivity index (χ0) is 21.8. The summed E-state index contributed by atoms with van der Waals surface area (Å²) in [5, 5.41) is 10.8. The number of hydrogen-bond acceptors (Lipinski definition) is 3. The second-order valence-electron chi connectivity index (χ2n) is 7.23. The molecular formula is C23H25F2N2O3+. The van der Waals surface area contributed by atoms with Crippen molar-refractivity contribution >= 4 is 17.4 Å². The van der Waals surface area contributed by atoms with Crippen LogP contribution in [0.4, 0.5) is 8.78 Å². The summed E-state index contributed by atoms with van der Waals surface area (Å²) in [4.78, 5) is 28.2. The minimum atomic E-state index is -1.05. The van der Waals surface area contributed by atoms with Gasteiger partial charge in [-0.25, -0.2) is 8.78 Å². The van der Waals surface area contributed by atoms with Gasteiger partial charge in [-0.1, -0.05) is 18.2 Å². The number of ketones is 1. The summed E-state index contributed by atoms with van der Waals surface area (Å²) < 4.78 is 28.0. The van der Waals surface area contributed by atoms with Crippen LogP contribution in [0.5, 0.6) is 0 Å². The van der Waals surface area contributed by atoms with Crippen LogP contribution in [-0.4, -0.2) is 47.9 Å². The largest absolute Gasteiger partial charge is 0.507 e. The van der Waals surface area contributed by atoms with Gasteiger partial charge in [-0.05, 0) is 44.2 Å². The highest BCUT2D eigenvalue weighted by molar-refractivity contribution is 6.46. The molecule has 2 N–H and O–H groups in total. The summed E-state index contributed by atoms with van der Waals surface area (Å²) in [6, 6.07) is 9.76. The van der Waals surface area contributed by atoms with Crippen LogP contribution < -0.4 is 4.90 Å². The lowest BCUT2D eigenvalue weighted by molar-refractivity contribution is -0.895. The first-order valence-corrected chi connectivity index (χ1v) is 10.0. The molecule has 1 fully saturated rings. The Labute approximate surface area is 174 Å². The van der Waals surface area contributed by atoms with Gasteiger partial charge in [0.25, 0.3) is 11.7 Å². The fourth-order valence-corrected chi connectivity index (χ4v) is 3.78. The number of benzene rings is 2. The van der Waals surface area contributed by atoms with Crippen LogP contribution in [0.3, 0.4) is 0 Å². The van der Waals surface area contributed by atoms with Gasteiger partial charge in [0.2, 0.25) is 0 Å². The maximum absolute atomic E-state index is 14.7. The van der Waals surface area contributed by atoms with Crippen LogP contribution >= 0.6 is 0 Å². The molecule has 30 heavy (non-hydrogen) atoms. The molecule has 1 aliphatic rings. The van der Waals surface area contributed by atoms with Crippen molar-refractivity contribution in [3.63, 3.8) is 0 Å². The number of carbonyl (C=O) groups excluding carboxylic acids is 2. The number of rotatable bonds is 7. The van der Waals surface area contributed by atoms with Crippen molar-refractivity contribution < 1.29 is 28.4 Å². The Bertz CT molecular complexity index is 969. The Morgan fingerprint density at radius 3 is 2.27 bits per heavy atom. The molecule has 0 spiro atoms. The number of carbonyl (C=O) groups is 2. The summed E-state index contributed by atoms with van der Waals surface area (Å²) >= 11 is 0. The van der Waals surface area contributed by atoms with Gasteiger partial charge < -0.3 is 14.9 Å². The molecule has 0 bridgehead atoms. The monoisotopic (exact) mass is 415 g/mol. The van der Waals surface area contributed by atoms with Gasteiger partial charge in [0.1, 0.15) is 17.4 Å². The summed E-state index contributed by atoms with van der Waals surface area (Å²) in [5.41, 5.74) is 0.131. The Kier molecular flexibility index (Phi) is 6.62. The van der Waals surface area contributed by atoms with Crippen molar-refractivity contribution in [3.05, 3.63) is 76.9 Å². The number of quaternary nitrogens is 1. The SMILES string of the molecule is CC[NH+](CC)CCN1C(=O)C(=O)C(=C(O)c2ccc(F)cc2)[C@@H]1c1ccccc1F. The van der Waals surface area contributed by atoms with Gasteiger partial charge in [-0.15, -0.1) is 0 Å². The van der Waals surface area contributed by atoms with Crippen molar-refractivity contribution in [2.75, 3.05) is 26.2 Å². The molecule has 2 aromatic carbocycles. The smallest absolute Gasteiger partial charge is 0.295 e. The van der Waals surface area contributed by atoms with E-state index in [4.69, 9.17) is 0 Å². The van der Waals surface area contributed by atoms with Gasteiger partial charge in [0.15, 0.2) is 0 Å². The van der Waals surface area contributed by atoms with E-state index in [0.717, 1.165) is 25.2 Å². The summed E-state index contributed by atoms with van der Waals surface area (Å²) in [6.07, 6.45) is 0. The minimum Gasteiger partial charge on any atom is -0.507 e. The highest BCUT2D eigenvalue weighted by atomic mass is 19.1. The third-order valence-corrected chi connectivity index (χ3v) is 5.56. The topological polar surface area (TPSA) is 62.0 Å². The zero-order valence-electron chi connectivity index (χ0n) is 17.0. The highest BCUT2D eigenvalue weighted by Crippen LogP contribution is 2.39. The molecule has 0 aromatic heterocycles. The van der Waals surface area contributed by atoms with E-state index in [1.165, 1.54) is 40.1 Å². The van der Waals surface area contributed by atoms with Crippen LogP contribution in [0.1, 0.15) is 31.0 Å². The van der Waals surface area contributed by atoms with Gasteiger partial charge >= 0.3 is 0 Å². The van der Waals surface area contributed by atoms with Crippen LogP contribution in [0.2, 0.25) is 0 Å². The van der Waals surface area contributed by atoms with Crippen molar-refractivity contribution in [2.45, 2.75) is 19.9 Å². The molecular weight excluding hydrogens is 390 g/mol. The van der Waals surface area contributed by atoms with Gasteiger partial charge in [0, 0.05) is 11.1 Å². The van der Waals surface area contributed by atoms with E-state index in [-0.39, 0.29) is 23.2 Å². The number of Topliss-reactive ketones (excluding diaryl/α,β-unsaturated/α-hetero) is 1. The van der Waals surface area contributed by atoms with E-state index in [9.17, 15) is 23.5 Å². The normalized spacial score (nSPS) is 18.4. The number of aliphatic hydroxyl groups is 1. The number of nitrogens with one attached hydrogen (secondary N) is 1. The number of hydrogen-bond donors (Lipinski definition) is 2. The van der Waals surface area contributed by atoms with Crippen LogP contribution in [0, 0.1) is 11.6 Å². The second-order valence-corrected chi connectivity index (χ2v) is 7.23. The van der Waals surface area contributed by atoms with Gasteiger partial charge in [-0.2, -0.15) is 0 Å². The second kappa shape index (κ2) is 9.17. The number of amides is 1. The first kappa shape index (κ1) is 21.6. The summed E-state index contributed by atoms with van der Waals surface area (Å²) in [7, 11) is 0. The van der Waals surface area contributed by atoms with Gasteiger partial charge in [0.05, 0.1) is 37.8 Å². The standard InChI is InChI=1S/C23H24F2N2O3/c1-3-26(4-2)13-14-27-20(17-7-5-6-8-18(17)25)19(22(29)23(27)30)21(28)15-9-11-16(24)12-10-15/h5-12,20,28H,3-4,13-14H2,1-2H3/p+1/t20-/m0/s1. The molecule has 0 aliphatic carbocycles. The molecule has 1 aliphatic heterocycles. The number of likely N-dealkylation sites (N-methyl/N-ethyl adjacent to an activating group) is 1. The maximum Gasteiger partial charge on any atom is 0.295 e. The van der Waals surface area contributed by atoms with E-state index >= 15 is 0 Å². The number of nitrogens with zero attached hydrogens (tertiary/aromatic N) is 1. The highest BCUT2D eigenvalue weighted by Gasteiger charge is 2.47. The first-order chi connectivity index (χ1) is 14.4. The third-order valence-electron chi connectivity index (χ3n) is 5.56. The molecule has 0 saturated carbocycles. The average Bonchev–Trinajstić information content (AvgIpc) is 2.99. The molecule has 158 valence electrons. The molecule has 1 heterocycles. The minimum absolute atomic E-state index is 0.134. The lowest BCUT2D eigenvalue weighted by Gasteiger charge is -2.27. The van der Waals surface area contributed by atoms with E-state index < -0.39 is 35.1 Å².